The lowest BCUT2D eigenvalue weighted by Gasteiger charge is -2.29. The molecule has 0 spiro atoms. The van der Waals surface area contributed by atoms with Crippen LogP contribution in [0.25, 0.3) is 0 Å². The molecule has 150 valence electrons. The molecular formula is C21H32N2O4. The van der Waals surface area contributed by atoms with Gasteiger partial charge >= 0.3 is 12.2 Å². The van der Waals surface area contributed by atoms with Gasteiger partial charge in [0.15, 0.2) is 0 Å². The van der Waals surface area contributed by atoms with Gasteiger partial charge in [-0.15, -0.1) is 0 Å². The molecule has 1 aromatic carbocycles. The standard InChI is InChI=1S/C21H32N2O4/c1-8-14-9-10-15-11-12-16(13-17(14)15)23(19(25)27-21(5,6)7)22-18(24)26-20(2,3)4/h11-14H,8-10H2,1-7H3,(H,22,24). The third-order valence-corrected chi connectivity index (χ3v) is 4.26. The summed E-state index contributed by atoms with van der Waals surface area (Å²) in [6, 6.07) is 5.82. The molecule has 1 N–H and O–H groups in total. The van der Waals surface area contributed by atoms with Crippen LogP contribution in [0, 0.1) is 0 Å². The number of ether oxygens (including phenoxy) is 2. The van der Waals surface area contributed by atoms with Crippen LogP contribution >= 0.6 is 0 Å². The summed E-state index contributed by atoms with van der Waals surface area (Å²) < 4.78 is 10.8. The number of hydrogen-bond acceptors (Lipinski definition) is 4. The van der Waals surface area contributed by atoms with E-state index in [4.69, 9.17) is 9.47 Å². The molecule has 2 rings (SSSR count). The molecule has 0 aromatic heterocycles. The number of hydrazine groups is 1. The topological polar surface area (TPSA) is 67.9 Å². The Morgan fingerprint density at radius 3 is 2.30 bits per heavy atom. The van der Waals surface area contributed by atoms with Gasteiger partial charge in [0.1, 0.15) is 11.2 Å². The normalized spacial score (nSPS) is 16.5. The molecule has 0 saturated carbocycles. The van der Waals surface area contributed by atoms with Gasteiger partial charge in [0.25, 0.3) is 0 Å². The van der Waals surface area contributed by atoms with E-state index in [-0.39, 0.29) is 0 Å². The van der Waals surface area contributed by atoms with Gasteiger partial charge in [-0.1, -0.05) is 13.0 Å². The number of carbonyl (C=O) groups excluding carboxylic acids is 2. The smallest absolute Gasteiger partial charge is 0.434 e. The number of amides is 2. The van der Waals surface area contributed by atoms with Crippen LogP contribution in [0.3, 0.4) is 0 Å². The first-order valence-corrected chi connectivity index (χ1v) is 9.55. The number of aryl methyl sites for hydroxylation is 1. The summed E-state index contributed by atoms with van der Waals surface area (Å²) in [4.78, 5) is 25.0. The molecule has 0 aliphatic heterocycles. The number of nitrogens with zero attached hydrogens (tertiary/aromatic N) is 1. The molecule has 6 heteroatoms. The van der Waals surface area contributed by atoms with Gasteiger partial charge in [-0.3, -0.25) is 0 Å². The van der Waals surface area contributed by atoms with E-state index < -0.39 is 23.4 Å². The van der Waals surface area contributed by atoms with E-state index in [1.54, 1.807) is 41.5 Å². The number of rotatable bonds is 2. The first kappa shape index (κ1) is 21.1. The predicted molar refractivity (Wildman–Crippen MR) is 106 cm³/mol. The van der Waals surface area contributed by atoms with Gasteiger partial charge in [-0.25, -0.2) is 15.0 Å². The summed E-state index contributed by atoms with van der Waals surface area (Å²) in [5.74, 6) is 0.474. The van der Waals surface area contributed by atoms with Crippen molar-refractivity contribution in [1.82, 2.24) is 5.43 Å². The highest BCUT2D eigenvalue weighted by Gasteiger charge is 2.29. The monoisotopic (exact) mass is 376 g/mol. The van der Waals surface area contributed by atoms with Crippen molar-refractivity contribution in [2.45, 2.75) is 84.8 Å². The summed E-state index contributed by atoms with van der Waals surface area (Å²) >= 11 is 0. The van der Waals surface area contributed by atoms with Crippen molar-refractivity contribution in [1.29, 1.82) is 0 Å². The number of carbonyl (C=O) groups is 2. The van der Waals surface area contributed by atoms with Crippen molar-refractivity contribution >= 4 is 17.9 Å². The second-order valence-corrected chi connectivity index (χ2v) is 8.96. The lowest BCUT2D eigenvalue weighted by atomic mass is 9.98. The number of fused-ring (bicyclic) bond motifs is 1. The molecule has 6 nitrogen and oxygen atoms in total. The molecule has 0 bridgehead atoms. The number of hydrogen-bond donors (Lipinski definition) is 1. The van der Waals surface area contributed by atoms with E-state index >= 15 is 0 Å². The molecule has 2 amide bonds. The summed E-state index contributed by atoms with van der Waals surface area (Å²) in [6.07, 6.45) is 1.84. The minimum atomic E-state index is -0.708. The quantitative estimate of drug-likeness (QED) is 0.711. The molecule has 0 heterocycles. The molecule has 1 aliphatic carbocycles. The fourth-order valence-electron chi connectivity index (χ4n) is 3.15. The molecule has 0 saturated heterocycles. The minimum absolute atomic E-state index is 0.474. The summed E-state index contributed by atoms with van der Waals surface area (Å²) in [5, 5.41) is 1.13. The Kier molecular flexibility index (Phi) is 6.07. The Bertz CT molecular complexity index is 701. The summed E-state index contributed by atoms with van der Waals surface area (Å²) in [5.41, 5.74) is 4.27. The van der Waals surface area contributed by atoms with E-state index in [0.29, 0.717) is 11.6 Å². The highest BCUT2D eigenvalue weighted by atomic mass is 16.6. The van der Waals surface area contributed by atoms with Crippen molar-refractivity contribution in [3.05, 3.63) is 29.3 Å². The first-order valence-electron chi connectivity index (χ1n) is 9.55. The van der Waals surface area contributed by atoms with Crippen LogP contribution in [-0.4, -0.2) is 23.4 Å². The van der Waals surface area contributed by atoms with Gasteiger partial charge in [0, 0.05) is 0 Å². The van der Waals surface area contributed by atoms with Gasteiger partial charge in [-0.2, -0.15) is 5.01 Å². The summed E-state index contributed by atoms with van der Waals surface area (Å²) in [6.45, 7) is 12.8. The average Bonchev–Trinajstić information content (AvgIpc) is 2.91. The molecule has 1 aromatic rings. The van der Waals surface area contributed by atoms with Crippen molar-refractivity contribution in [3.8, 4) is 0 Å². The lowest BCUT2D eigenvalue weighted by Crippen LogP contribution is -2.50. The number of nitrogens with one attached hydrogen (secondary N) is 1. The maximum absolute atomic E-state index is 12.7. The fourth-order valence-corrected chi connectivity index (χ4v) is 3.15. The zero-order chi connectivity index (χ0) is 20.4. The molecule has 0 radical (unpaired) electrons. The third-order valence-electron chi connectivity index (χ3n) is 4.26. The Morgan fingerprint density at radius 2 is 1.74 bits per heavy atom. The largest absolute Gasteiger partial charge is 0.443 e. The molecular weight excluding hydrogens is 344 g/mol. The zero-order valence-electron chi connectivity index (χ0n) is 17.5. The van der Waals surface area contributed by atoms with Crippen LogP contribution < -0.4 is 10.4 Å². The van der Waals surface area contributed by atoms with Gasteiger partial charge in [-0.05, 0) is 90.0 Å². The molecule has 1 aliphatic rings. The van der Waals surface area contributed by atoms with Crippen molar-refractivity contribution in [2.24, 2.45) is 0 Å². The fraction of sp³-hybridized carbons (Fsp3) is 0.619. The van der Waals surface area contributed by atoms with Crippen molar-refractivity contribution in [2.75, 3.05) is 5.01 Å². The van der Waals surface area contributed by atoms with E-state index in [1.165, 1.54) is 11.1 Å². The third kappa shape index (κ3) is 5.88. The van der Waals surface area contributed by atoms with Crippen LogP contribution in [0.4, 0.5) is 15.3 Å². The number of anilines is 1. The van der Waals surface area contributed by atoms with Crippen molar-refractivity contribution in [3.63, 3.8) is 0 Å². The van der Waals surface area contributed by atoms with E-state index in [9.17, 15) is 9.59 Å². The minimum Gasteiger partial charge on any atom is -0.443 e. The van der Waals surface area contributed by atoms with Crippen LogP contribution in [0.15, 0.2) is 18.2 Å². The maximum atomic E-state index is 12.7. The average molecular weight is 376 g/mol. The van der Waals surface area contributed by atoms with Crippen LogP contribution in [0.5, 0.6) is 0 Å². The Morgan fingerprint density at radius 1 is 1.11 bits per heavy atom. The molecule has 27 heavy (non-hydrogen) atoms. The SMILES string of the molecule is CCC1CCc2ccc(N(NC(=O)OC(C)(C)C)C(=O)OC(C)(C)C)cc21. The van der Waals surface area contributed by atoms with E-state index in [1.807, 2.05) is 18.2 Å². The Hall–Kier alpha value is -2.24. The maximum Gasteiger partial charge on any atom is 0.434 e. The van der Waals surface area contributed by atoms with E-state index in [2.05, 4.69) is 12.3 Å². The van der Waals surface area contributed by atoms with Gasteiger partial charge in [0.05, 0.1) is 5.69 Å². The molecule has 1 atom stereocenters. The Balaban J connectivity index is 2.32. The zero-order valence-corrected chi connectivity index (χ0v) is 17.5. The van der Waals surface area contributed by atoms with Crippen LogP contribution in [-0.2, 0) is 15.9 Å². The van der Waals surface area contributed by atoms with Crippen LogP contribution in [0.1, 0.15) is 78.4 Å². The predicted octanol–water partition coefficient (Wildman–Crippen LogP) is 5.31. The van der Waals surface area contributed by atoms with Crippen molar-refractivity contribution < 1.29 is 19.1 Å². The molecule has 0 fully saturated rings. The van der Waals surface area contributed by atoms with Crippen LogP contribution in [0.2, 0.25) is 0 Å². The highest BCUT2D eigenvalue weighted by Crippen LogP contribution is 2.37. The molecule has 1 unspecified atom stereocenters. The van der Waals surface area contributed by atoms with E-state index in [0.717, 1.165) is 24.3 Å². The Labute approximate surface area is 162 Å². The highest BCUT2D eigenvalue weighted by molar-refractivity contribution is 5.91. The second-order valence-electron chi connectivity index (χ2n) is 8.96. The second kappa shape index (κ2) is 7.79. The number of benzene rings is 1. The lowest BCUT2D eigenvalue weighted by molar-refractivity contribution is 0.0425. The van der Waals surface area contributed by atoms with Gasteiger partial charge in [0.2, 0.25) is 0 Å². The first-order chi connectivity index (χ1) is 12.4. The summed E-state index contributed by atoms with van der Waals surface area (Å²) in [7, 11) is 0. The van der Waals surface area contributed by atoms with Gasteiger partial charge < -0.3 is 9.47 Å².